The molecule has 0 aliphatic rings. The first kappa shape index (κ1) is 21.6. The Bertz CT molecular complexity index is 1380. The number of fused-ring (bicyclic) bond motifs is 1. The molecule has 0 unspecified atom stereocenters. The van der Waals surface area contributed by atoms with Gasteiger partial charge in [-0.3, -0.25) is 9.10 Å². The highest BCUT2D eigenvalue weighted by atomic mass is 32.2. The Morgan fingerprint density at radius 1 is 0.844 bits per heavy atom. The van der Waals surface area contributed by atoms with E-state index in [4.69, 9.17) is 0 Å². The molecule has 0 atom stereocenters. The number of nitrogens with one attached hydrogen (secondary N) is 1. The van der Waals surface area contributed by atoms with Crippen LogP contribution in [0.4, 0.5) is 5.69 Å². The van der Waals surface area contributed by atoms with Crippen LogP contribution >= 0.6 is 0 Å². The highest BCUT2D eigenvalue weighted by molar-refractivity contribution is 7.92. The lowest BCUT2D eigenvalue weighted by Crippen LogP contribution is -2.27. The molecule has 0 saturated heterocycles. The van der Waals surface area contributed by atoms with Crippen molar-refractivity contribution >= 4 is 32.4 Å². The van der Waals surface area contributed by atoms with Crippen molar-refractivity contribution in [3.05, 3.63) is 108 Å². The number of hydrogen-bond acceptors (Lipinski definition) is 3. The Kier molecular flexibility index (Phi) is 5.97. The highest BCUT2D eigenvalue weighted by Crippen LogP contribution is 2.23. The minimum atomic E-state index is -3.73. The summed E-state index contributed by atoms with van der Waals surface area (Å²) in [5.74, 6) is -0.263. The van der Waals surface area contributed by atoms with Gasteiger partial charge in [-0.25, -0.2) is 8.42 Å². The number of amides is 1. The summed E-state index contributed by atoms with van der Waals surface area (Å²) < 4.78 is 27.1. The lowest BCUT2D eigenvalue weighted by molar-refractivity contribution is 0.0951. The normalized spacial score (nSPS) is 11.3. The molecule has 4 aromatic carbocycles. The molecule has 162 valence electrons. The van der Waals surface area contributed by atoms with E-state index >= 15 is 0 Å². The summed E-state index contributed by atoms with van der Waals surface area (Å²) in [5, 5.41) is 5.18. The third-order valence-corrected chi connectivity index (χ3v) is 7.22. The van der Waals surface area contributed by atoms with Gasteiger partial charge >= 0.3 is 0 Å². The van der Waals surface area contributed by atoms with Crippen molar-refractivity contribution in [3.63, 3.8) is 0 Å². The van der Waals surface area contributed by atoms with Crippen molar-refractivity contribution in [2.45, 2.75) is 18.4 Å². The van der Waals surface area contributed by atoms with Crippen molar-refractivity contribution < 1.29 is 13.2 Å². The number of rotatable bonds is 6. The van der Waals surface area contributed by atoms with Crippen molar-refractivity contribution in [2.24, 2.45) is 0 Å². The molecule has 0 aromatic heterocycles. The van der Waals surface area contributed by atoms with Gasteiger partial charge in [-0.2, -0.15) is 0 Å². The second kappa shape index (κ2) is 8.85. The van der Waals surface area contributed by atoms with Gasteiger partial charge in [0.1, 0.15) is 0 Å². The van der Waals surface area contributed by atoms with E-state index in [2.05, 4.69) is 5.32 Å². The zero-order valence-corrected chi connectivity index (χ0v) is 18.8. The number of carbonyl (C=O) groups is 1. The van der Waals surface area contributed by atoms with Gasteiger partial charge in [0.2, 0.25) is 0 Å². The molecule has 0 aliphatic carbocycles. The molecule has 1 amide bonds. The van der Waals surface area contributed by atoms with E-state index < -0.39 is 10.0 Å². The second-order valence-corrected chi connectivity index (χ2v) is 9.67. The average molecular weight is 445 g/mol. The maximum absolute atomic E-state index is 13.0. The lowest BCUT2D eigenvalue weighted by Gasteiger charge is -2.20. The Morgan fingerprint density at radius 2 is 1.56 bits per heavy atom. The van der Waals surface area contributed by atoms with Gasteiger partial charge in [0.25, 0.3) is 15.9 Å². The maximum Gasteiger partial charge on any atom is 0.264 e. The fourth-order valence-electron chi connectivity index (χ4n) is 3.48. The molecule has 4 rings (SSSR count). The van der Waals surface area contributed by atoms with Crippen molar-refractivity contribution in [1.29, 1.82) is 0 Å². The summed E-state index contributed by atoms with van der Waals surface area (Å²) in [7, 11) is -2.24. The summed E-state index contributed by atoms with van der Waals surface area (Å²) in [5.41, 5.74) is 2.79. The van der Waals surface area contributed by atoms with E-state index in [-0.39, 0.29) is 10.8 Å². The molecule has 0 aliphatic heterocycles. The topological polar surface area (TPSA) is 66.5 Å². The van der Waals surface area contributed by atoms with Crippen LogP contribution in [0.25, 0.3) is 10.8 Å². The Morgan fingerprint density at radius 3 is 2.31 bits per heavy atom. The number of carbonyl (C=O) groups excluding carboxylic acids is 1. The molecular weight excluding hydrogens is 420 g/mol. The third-order valence-electron chi connectivity index (χ3n) is 5.42. The molecule has 6 heteroatoms. The van der Waals surface area contributed by atoms with Crippen LogP contribution in [-0.4, -0.2) is 21.4 Å². The van der Waals surface area contributed by atoms with Gasteiger partial charge in [0, 0.05) is 19.2 Å². The third kappa shape index (κ3) is 4.50. The zero-order chi connectivity index (χ0) is 22.7. The summed E-state index contributed by atoms with van der Waals surface area (Å²) in [6.07, 6.45) is 0. The van der Waals surface area contributed by atoms with Crippen LogP contribution in [0, 0.1) is 6.92 Å². The van der Waals surface area contributed by atoms with Crippen LogP contribution in [0.1, 0.15) is 21.5 Å². The van der Waals surface area contributed by atoms with E-state index in [1.165, 1.54) is 11.4 Å². The molecule has 0 heterocycles. The summed E-state index contributed by atoms with van der Waals surface area (Å²) in [4.78, 5) is 12.9. The first-order chi connectivity index (χ1) is 15.3. The molecule has 0 spiro atoms. The van der Waals surface area contributed by atoms with Crippen LogP contribution in [-0.2, 0) is 16.6 Å². The standard InChI is InChI=1S/C26H24N2O3S/c1-19-10-14-25(15-11-19)32(30,31)28(2)24-9-5-8-23(17-24)26(29)27-18-20-12-13-21-6-3-4-7-22(21)16-20/h3-17H,18H2,1-2H3,(H,27,29). The minimum Gasteiger partial charge on any atom is -0.348 e. The molecular formula is C26H24N2O3S. The number of nitrogens with zero attached hydrogens (tertiary/aromatic N) is 1. The summed E-state index contributed by atoms with van der Waals surface area (Å²) in [6, 6.07) is 27.4. The number of hydrogen-bond donors (Lipinski definition) is 1. The molecule has 0 radical (unpaired) electrons. The molecule has 5 nitrogen and oxygen atoms in total. The van der Waals surface area contributed by atoms with Gasteiger partial charge in [0.05, 0.1) is 10.6 Å². The predicted molar refractivity (Wildman–Crippen MR) is 128 cm³/mol. The predicted octanol–water partition coefficient (Wildman–Crippen LogP) is 4.90. The summed E-state index contributed by atoms with van der Waals surface area (Å²) in [6.45, 7) is 2.28. The SMILES string of the molecule is Cc1ccc(S(=O)(=O)N(C)c2cccc(C(=O)NCc3ccc4ccccc4c3)c2)cc1. The minimum absolute atomic E-state index is 0.205. The number of benzene rings is 4. The molecule has 32 heavy (non-hydrogen) atoms. The van der Waals surface area contributed by atoms with E-state index in [0.717, 1.165) is 21.9 Å². The van der Waals surface area contributed by atoms with Crippen LogP contribution < -0.4 is 9.62 Å². The number of aryl methyl sites for hydroxylation is 1. The fourth-order valence-corrected chi connectivity index (χ4v) is 4.67. The van der Waals surface area contributed by atoms with Gasteiger partial charge in [-0.1, -0.05) is 60.2 Å². The molecule has 0 bridgehead atoms. The van der Waals surface area contributed by atoms with E-state index in [9.17, 15) is 13.2 Å². The van der Waals surface area contributed by atoms with Crippen LogP contribution in [0.15, 0.2) is 95.9 Å². The van der Waals surface area contributed by atoms with Crippen LogP contribution in [0.2, 0.25) is 0 Å². The van der Waals surface area contributed by atoms with Crippen molar-refractivity contribution in [1.82, 2.24) is 5.32 Å². The van der Waals surface area contributed by atoms with E-state index in [1.807, 2.05) is 49.4 Å². The van der Waals surface area contributed by atoms with Crippen molar-refractivity contribution in [2.75, 3.05) is 11.4 Å². The maximum atomic E-state index is 13.0. The van der Waals surface area contributed by atoms with Gasteiger partial charge < -0.3 is 5.32 Å². The Hall–Kier alpha value is -3.64. The second-order valence-electron chi connectivity index (χ2n) is 7.70. The van der Waals surface area contributed by atoms with Gasteiger partial charge in [-0.15, -0.1) is 0 Å². The smallest absolute Gasteiger partial charge is 0.264 e. The average Bonchev–Trinajstić information content (AvgIpc) is 2.82. The Labute approximate surface area is 188 Å². The van der Waals surface area contributed by atoms with Gasteiger partial charge in [0.15, 0.2) is 0 Å². The largest absolute Gasteiger partial charge is 0.348 e. The number of anilines is 1. The van der Waals surface area contributed by atoms with Gasteiger partial charge in [-0.05, 0) is 59.7 Å². The van der Waals surface area contributed by atoms with E-state index in [0.29, 0.717) is 17.8 Å². The first-order valence-corrected chi connectivity index (χ1v) is 11.7. The lowest BCUT2D eigenvalue weighted by atomic mass is 10.1. The number of sulfonamides is 1. The first-order valence-electron chi connectivity index (χ1n) is 10.3. The monoisotopic (exact) mass is 444 g/mol. The molecule has 0 fully saturated rings. The van der Waals surface area contributed by atoms with E-state index in [1.54, 1.807) is 48.5 Å². The molecule has 4 aromatic rings. The molecule has 1 N–H and O–H groups in total. The quantitative estimate of drug-likeness (QED) is 0.460. The Balaban J connectivity index is 1.50. The van der Waals surface area contributed by atoms with Crippen molar-refractivity contribution in [3.8, 4) is 0 Å². The van der Waals surface area contributed by atoms with Crippen LogP contribution in [0.3, 0.4) is 0 Å². The summed E-state index contributed by atoms with van der Waals surface area (Å²) >= 11 is 0. The highest BCUT2D eigenvalue weighted by Gasteiger charge is 2.21. The molecule has 0 saturated carbocycles. The van der Waals surface area contributed by atoms with Crippen LogP contribution in [0.5, 0.6) is 0 Å². The fraction of sp³-hybridized carbons (Fsp3) is 0.115. The zero-order valence-electron chi connectivity index (χ0n) is 17.9.